The van der Waals surface area contributed by atoms with Gasteiger partial charge in [-0.2, -0.15) is 18.3 Å². The summed E-state index contributed by atoms with van der Waals surface area (Å²) in [6, 6.07) is 6.03. The van der Waals surface area contributed by atoms with E-state index in [9.17, 15) is 23.3 Å². The van der Waals surface area contributed by atoms with Crippen LogP contribution in [-0.4, -0.2) is 14.7 Å². The molecule has 0 fully saturated rings. The van der Waals surface area contributed by atoms with Crippen molar-refractivity contribution in [3.05, 3.63) is 51.8 Å². The molecule has 1 aromatic heterocycles. The van der Waals surface area contributed by atoms with Crippen molar-refractivity contribution in [1.82, 2.24) is 9.78 Å². The van der Waals surface area contributed by atoms with Crippen molar-refractivity contribution in [2.75, 3.05) is 0 Å². The highest BCUT2D eigenvalue weighted by atomic mass is 19.4. The molecule has 0 N–H and O–H groups in total. The number of alkyl halides is 3. The molecule has 0 aliphatic carbocycles. The molecule has 0 radical (unpaired) electrons. The number of hydrogen-bond acceptors (Lipinski definition) is 3. The zero-order valence-electron chi connectivity index (χ0n) is 11.7. The third kappa shape index (κ3) is 3.80. The maximum atomic E-state index is 12.5. The van der Waals surface area contributed by atoms with E-state index in [0.717, 1.165) is 10.7 Å². The Balaban J connectivity index is 0.00000106. The van der Waals surface area contributed by atoms with Gasteiger partial charge in [0.25, 0.3) is 5.69 Å². The van der Waals surface area contributed by atoms with Crippen molar-refractivity contribution >= 4 is 5.69 Å². The number of rotatable bonds is 2. The van der Waals surface area contributed by atoms with Crippen LogP contribution in [0.3, 0.4) is 0 Å². The second-order valence-electron chi connectivity index (χ2n) is 3.85. The average Bonchev–Trinajstić information content (AvgIpc) is 2.83. The highest BCUT2D eigenvalue weighted by Crippen LogP contribution is 2.29. The number of nitro benzene ring substituents is 1. The number of nitrogens with zero attached hydrogens (tertiary/aromatic N) is 3. The number of aromatic nitrogens is 2. The molecule has 0 aliphatic rings. The van der Waals surface area contributed by atoms with Crippen LogP contribution in [0, 0.1) is 17.0 Å². The van der Waals surface area contributed by atoms with Crippen molar-refractivity contribution in [2.45, 2.75) is 26.9 Å². The summed E-state index contributed by atoms with van der Waals surface area (Å²) in [5.41, 5.74) is -0.507. The first kappa shape index (κ1) is 16.7. The molecule has 114 valence electrons. The number of non-ortho nitro benzene ring substituents is 1. The van der Waals surface area contributed by atoms with E-state index in [1.165, 1.54) is 31.2 Å². The molecule has 8 heteroatoms. The predicted molar refractivity (Wildman–Crippen MR) is 71.3 cm³/mol. The summed E-state index contributed by atoms with van der Waals surface area (Å²) in [7, 11) is 0. The minimum absolute atomic E-state index is 0.135. The first-order valence-corrected chi connectivity index (χ1v) is 6.18. The van der Waals surface area contributed by atoms with Crippen molar-refractivity contribution < 1.29 is 18.1 Å². The molecular weight excluding hydrogens is 287 g/mol. The Hall–Kier alpha value is -2.38. The van der Waals surface area contributed by atoms with Gasteiger partial charge in [-0.15, -0.1) is 0 Å². The van der Waals surface area contributed by atoms with Gasteiger partial charge in [0.1, 0.15) is 0 Å². The number of halogens is 3. The fourth-order valence-electron chi connectivity index (χ4n) is 1.59. The zero-order valence-corrected chi connectivity index (χ0v) is 11.7. The zero-order chi connectivity index (χ0) is 16.2. The Bertz CT molecular complexity index is 619. The minimum atomic E-state index is -4.52. The Morgan fingerprint density at radius 2 is 1.71 bits per heavy atom. The maximum absolute atomic E-state index is 12.5. The van der Waals surface area contributed by atoms with Gasteiger partial charge in [-0.3, -0.25) is 10.1 Å². The van der Waals surface area contributed by atoms with Crippen molar-refractivity contribution in [3.63, 3.8) is 0 Å². The molecule has 0 unspecified atom stereocenters. The van der Waals surface area contributed by atoms with E-state index in [0.29, 0.717) is 11.4 Å². The maximum Gasteiger partial charge on any atom is 0.435 e. The van der Waals surface area contributed by atoms with Crippen LogP contribution in [0.5, 0.6) is 0 Å². The fourth-order valence-corrected chi connectivity index (χ4v) is 1.59. The molecule has 0 spiro atoms. The van der Waals surface area contributed by atoms with Gasteiger partial charge in [-0.1, -0.05) is 13.8 Å². The second kappa shape index (κ2) is 6.38. The Morgan fingerprint density at radius 3 is 2.10 bits per heavy atom. The lowest BCUT2D eigenvalue weighted by Crippen LogP contribution is -2.07. The summed E-state index contributed by atoms with van der Waals surface area (Å²) in [5, 5.41) is 13.9. The van der Waals surface area contributed by atoms with Crippen LogP contribution < -0.4 is 0 Å². The van der Waals surface area contributed by atoms with Crippen molar-refractivity contribution in [3.8, 4) is 5.69 Å². The van der Waals surface area contributed by atoms with Gasteiger partial charge in [0.2, 0.25) is 0 Å². The minimum Gasteiger partial charge on any atom is -0.258 e. The highest BCUT2D eigenvalue weighted by molar-refractivity contribution is 5.41. The van der Waals surface area contributed by atoms with Crippen LogP contribution in [0.25, 0.3) is 5.69 Å². The molecule has 0 atom stereocenters. The van der Waals surface area contributed by atoms with Gasteiger partial charge in [-0.05, 0) is 25.1 Å². The Morgan fingerprint density at radius 1 is 1.19 bits per heavy atom. The molecule has 1 heterocycles. The van der Waals surface area contributed by atoms with Crippen LogP contribution in [0.15, 0.2) is 30.3 Å². The second-order valence-corrected chi connectivity index (χ2v) is 3.85. The molecule has 0 amide bonds. The third-order valence-corrected chi connectivity index (χ3v) is 2.48. The molecule has 0 aliphatic heterocycles. The summed E-state index contributed by atoms with van der Waals surface area (Å²) in [5.74, 6) is 0. The number of nitro groups is 1. The van der Waals surface area contributed by atoms with E-state index in [1.807, 2.05) is 13.8 Å². The number of aryl methyl sites for hydroxylation is 1. The Kier molecular flexibility index (Phi) is 5.07. The lowest BCUT2D eigenvalue weighted by molar-refractivity contribution is -0.384. The van der Waals surface area contributed by atoms with E-state index < -0.39 is 16.8 Å². The van der Waals surface area contributed by atoms with E-state index in [-0.39, 0.29) is 5.69 Å². The summed E-state index contributed by atoms with van der Waals surface area (Å²) in [6.07, 6.45) is -4.52. The number of benzene rings is 1. The third-order valence-electron chi connectivity index (χ3n) is 2.48. The van der Waals surface area contributed by atoms with Gasteiger partial charge in [0, 0.05) is 17.8 Å². The van der Waals surface area contributed by atoms with Crippen molar-refractivity contribution in [1.29, 1.82) is 0 Å². The summed E-state index contributed by atoms with van der Waals surface area (Å²) in [4.78, 5) is 9.90. The first-order valence-electron chi connectivity index (χ1n) is 6.18. The van der Waals surface area contributed by atoms with Crippen LogP contribution >= 0.6 is 0 Å². The van der Waals surface area contributed by atoms with Crippen molar-refractivity contribution in [2.24, 2.45) is 0 Å². The molecule has 21 heavy (non-hydrogen) atoms. The standard InChI is InChI=1S/C11H8F3N3O2.C2H6/c1-7-6-10(11(12,13)14)15-16(7)8-2-4-9(5-3-8)17(18)19;1-2/h2-6H,1H3;1-2H3. The SMILES string of the molecule is CC.Cc1cc(C(F)(F)F)nn1-c1ccc([N+](=O)[O-])cc1. The summed E-state index contributed by atoms with van der Waals surface area (Å²) >= 11 is 0. The van der Waals surface area contributed by atoms with E-state index in [2.05, 4.69) is 5.10 Å². The molecule has 0 saturated heterocycles. The van der Waals surface area contributed by atoms with Gasteiger partial charge in [-0.25, -0.2) is 4.68 Å². The van der Waals surface area contributed by atoms with Crippen LogP contribution in [0.1, 0.15) is 25.2 Å². The van der Waals surface area contributed by atoms with E-state index >= 15 is 0 Å². The topological polar surface area (TPSA) is 61.0 Å². The lowest BCUT2D eigenvalue weighted by Gasteiger charge is -2.04. The molecule has 5 nitrogen and oxygen atoms in total. The quantitative estimate of drug-likeness (QED) is 0.619. The lowest BCUT2D eigenvalue weighted by atomic mass is 10.3. The smallest absolute Gasteiger partial charge is 0.258 e. The van der Waals surface area contributed by atoms with Gasteiger partial charge in [0.05, 0.1) is 10.6 Å². The molecule has 2 rings (SSSR count). The molecule has 2 aromatic rings. The fraction of sp³-hybridized carbons (Fsp3) is 0.308. The Labute approximate surface area is 119 Å². The van der Waals surface area contributed by atoms with Gasteiger partial charge in [0.15, 0.2) is 5.69 Å². The van der Waals surface area contributed by atoms with Crippen LogP contribution in [0.2, 0.25) is 0 Å². The predicted octanol–water partition coefficient (Wildman–Crippen LogP) is 4.13. The first-order chi connectivity index (χ1) is 9.79. The van der Waals surface area contributed by atoms with Crippen LogP contribution in [0.4, 0.5) is 18.9 Å². The molecule has 0 bridgehead atoms. The van der Waals surface area contributed by atoms with E-state index in [4.69, 9.17) is 0 Å². The summed E-state index contributed by atoms with van der Waals surface area (Å²) in [6.45, 7) is 5.48. The average molecular weight is 301 g/mol. The van der Waals surface area contributed by atoms with Crippen LogP contribution in [-0.2, 0) is 6.18 Å². The largest absolute Gasteiger partial charge is 0.435 e. The van der Waals surface area contributed by atoms with Gasteiger partial charge >= 0.3 is 6.18 Å². The molecular formula is C13H14F3N3O2. The monoisotopic (exact) mass is 301 g/mol. The normalized spacial score (nSPS) is 10.8. The molecule has 1 aromatic carbocycles. The highest BCUT2D eigenvalue weighted by Gasteiger charge is 2.34. The number of hydrogen-bond donors (Lipinski definition) is 0. The van der Waals surface area contributed by atoms with E-state index in [1.54, 1.807) is 0 Å². The van der Waals surface area contributed by atoms with Gasteiger partial charge < -0.3 is 0 Å². The summed E-state index contributed by atoms with van der Waals surface area (Å²) < 4.78 is 38.6. The molecule has 0 saturated carbocycles.